The third-order valence-electron chi connectivity index (χ3n) is 1.49. The molecule has 0 unspecified atom stereocenters. The Morgan fingerprint density at radius 2 is 2.09 bits per heavy atom. The van der Waals surface area contributed by atoms with Gasteiger partial charge in [-0.1, -0.05) is 0 Å². The van der Waals surface area contributed by atoms with Gasteiger partial charge in [-0.25, -0.2) is 0 Å². The lowest BCUT2D eigenvalue weighted by Gasteiger charge is -1.89. The van der Waals surface area contributed by atoms with Gasteiger partial charge in [0.05, 0.1) is 4.21 Å². The quantitative estimate of drug-likeness (QED) is 0.600. The summed E-state index contributed by atoms with van der Waals surface area (Å²) in [6, 6.07) is 7.27. The molecule has 0 aliphatic carbocycles. The molecular weight excluding hydrogens is 176 g/mol. The van der Waals surface area contributed by atoms with Crippen LogP contribution in [0.1, 0.15) is 0 Å². The maximum atomic E-state index is 9.12. The van der Waals surface area contributed by atoms with Gasteiger partial charge in [0.25, 0.3) is 0 Å². The Labute approximate surface area is 73.7 Å². The second-order valence-corrected chi connectivity index (χ2v) is 4.17. The van der Waals surface area contributed by atoms with E-state index in [-0.39, 0.29) is 0 Å². The monoisotopic (exact) mass is 182 g/mol. The van der Waals surface area contributed by atoms with Gasteiger partial charge < -0.3 is 5.11 Å². The number of phenolic OH excluding ortho intramolecular Hbond substituents is 1. The third kappa shape index (κ3) is 1.21. The Morgan fingerprint density at radius 3 is 2.91 bits per heavy atom. The van der Waals surface area contributed by atoms with Gasteiger partial charge in [0.2, 0.25) is 0 Å². The summed E-state index contributed by atoms with van der Waals surface area (Å²) in [5, 5.41) is 10.2. The fraction of sp³-hybridized carbons (Fsp3) is 0. The topological polar surface area (TPSA) is 20.2 Å². The van der Waals surface area contributed by atoms with Gasteiger partial charge in [-0.05, 0) is 29.7 Å². The maximum absolute atomic E-state index is 9.12. The lowest BCUT2D eigenvalue weighted by atomic mass is 10.2. The number of thiol groups is 1. The summed E-state index contributed by atoms with van der Waals surface area (Å²) in [7, 11) is 0. The van der Waals surface area contributed by atoms with Crippen LogP contribution in [0.15, 0.2) is 28.5 Å². The lowest BCUT2D eigenvalue weighted by Crippen LogP contribution is -1.61. The highest BCUT2D eigenvalue weighted by atomic mass is 32.2. The molecule has 1 aromatic heterocycles. The zero-order valence-corrected chi connectivity index (χ0v) is 7.32. The van der Waals surface area contributed by atoms with E-state index in [2.05, 4.69) is 12.6 Å². The van der Waals surface area contributed by atoms with E-state index in [0.29, 0.717) is 5.75 Å². The Hall–Kier alpha value is -0.670. The summed E-state index contributed by atoms with van der Waals surface area (Å²) in [6.07, 6.45) is 0. The summed E-state index contributed by atoms with van der Waals surface area (Å²) < 4.78 is 2.14. The van der Waals surface area contributed by atoms with E-state index >= 15 is 0 Å². The lowest BCUT2D eigenvalue weighted by molar-refractivity contribution is 0.476. The number of hydrogen-bond acceptors (Lipinski definition) is 3. The summed E-state index contributed by atoms with van der Waals surface area (Å²) in [4.78, 5) is 0. The van der Waals surface area contributed by atoms with Gasteiger partial charge in [0.15, 0.2) is 0 Å². The molecule has 1 N–H and O–H groups in total. The first kappa shape index (κ1) is 7.00. The Balaban J connectivity index is 2.82. The van der Waals surface area contributed by atoms with Crippen molar-refractivity contribution in [1.29, 1.82) is 0 Å². The molecule has 0 atom stereocenters. The highest BCUT2D eigenvalue weighted by molar-refractivity contribution is 7.83. The molecule has 2 aromatic rings. The molecule has 0 spiro atoms. The molecule has 0 amide bonds. The Morgan fingerprint density at radius 1 is 1.27 bits per heavy atom. The van der Waals surface area contributed by atoms with Gasteiger partial charge in [0.1, 0.15) is 5.75 Å². The molecule has 1 heterocycles. The molecule has 1 aromatic carbocycles. The molecule has 2 rings (SSSR count). The van der Waals surface area contributed by atoms with Gasteiger partial charge in [-0.3, -0.25) is 0 Å². The number of aromatic hydroxyl groups is 1. The first-order chi connectivity index (χ1) is 5.25. The average molecular weight is 182 g/mol. The molecule has 0 aliphatic heterocycles. The minimum atomic E-state index is 0.309. The van der Waals surface area contributed by atoms with Crippen LogP contribution in [-0.4, -0.2) is 5.11 Å². The van der Waals surface area contributed by atoms with Crippen LogP contribution in [-0.2, 0) is 0 Å². The van der Waals surface area contributed by atoms with Crippen LogP contribution < -0.4 is 0 Å². The van der Waals surface area contributed by atoms with Crippen molar-refractivity contribution in [2.45, 2.75) is 4.21 Å². The van der Waals surface area contributed by atoms with E-state index < -0.39 is 0 Å². The number of rotatable bonds is 0. The van der Waals surface area contributed by atoms with Crippen molar-refractivity contribution in [3.05, 3.63) is 24.3 Å². The highest BCUT2D eigenvalue weighted by Gasteiger charge is 1.98. The SMILES string of the molecule is Oc1ccc2sc(S)cc2c1. The zero-order chi connectivity index (χ0) is 7.84. The van der Waals surface area contributed by atoms with E-state index in [1.165, 1.54) is 0 Å². The predicted octanol–water partition coefficient (Wildman–Crippen LogP) is 2.90. The van der Waals surface area contributed by atoms with Crippen molar-refractivity contribution in [2.75, 3.05) is 0 Å². The van der Waals surface area contributed by atoms with Crippen LogP contribution in [0.5, 0.6) is 5.75 Å². The second kappa shape index (κ2) is 2.43. The number of thiophene rings is 1. The molecule has 0 aliphatic rings. The van der Waals surface area contributed by atoms with Gasteiger partial charge in [0, 0.05) is 4.70 Å². The van der Waals surface area contributed by atoms with Crippen molar-refractivity contribution in [3.63, 3.8) is 0 Å². The fourth-order valence-electron chi connectivity index (χ4n) is 1.02. The summed E-state index contributed by atoms with van der Waals surface area (Å²) in [6.45, 7) is 0. The summed E-state index contributed by atoms with van der Waals surface area (Å²) >= 11 is 5.83. The molecule has 56 valence electrons. The van der Waals surface area contributed by atoms with Crippen molar-refractivity contribution in [1.82, 2.24) is 0 Å². The van der Waals surface area contributed by atoms with Crippen molar-refractivity contribution in [2.24, 2.45) is 0 Å². The van der Waals surface area contributed by atoms with Crippen LogP contribution in [0.2, 0.25) is 0 Å². The summed E-state index contributed by atoms with van der Waals surface area (Å²) in [5.41, 5.74) is 0. The molecule has 1 nitrogen and oxygen atoms in total. The highest BCUT2D eigenvalue weighted by Crippen LogP contribution is 2.30. The minimum Gasteiger partial charge on any atom is -0.508 e. The number of fused-ring (bicyclic) bond motifs is 1. The van der Waals surface area contributed by atoms with E-state index in [4.69, 9.17) is 5.11 Å². The largest absolute Gasteiger partial charge is 0.508 e. The standard InChI is InChI=1S/C8H6OS2/c9-6-1-2-7-5(3-6)4-8(10)11-7/h1-4,9-10H. The third-order valence-corrected chi connectivity index (χ3v) is 2.81. The molecule has 0 bridgehead atoms. The first-order valence-electron chi connectivity index (χ1n) is 3.17. The maximum Gasteiger partial charge on any atom is 0.116 e. The van der Waals surface area contributed by atoms with Gasteiger partial charge >= 0.3 is 0 Å². The number of hydrogen-bond donors (Lipinski definition) is 2. The van der Waals surface area contributed by atoms with Crippen LogP contribution in [0.25, 0.3) is 10.1 Å². The zero-order valence-electron chi connectivity index (χ0n) is 5.61. The predicted molar refractivity (Wildman–Crippen MR) is 50.7 cm³/mol. The average Bonchev–Trinajstić information content (AvgIpc) is 2.27. The van der Waals surface area contributed by atoms with E-state index in [0.717, 1.165) is 14.3 Å². The molecule has 0 saturated carbocycles. The first-order valence-corrected chi connectivity index (χ1v) is 4.43. The van der Waals surface area contributed by atoms with Crippen molar-refractivity contribution >= 4 is 34.1 Å². The summed E-state index contributed by atoms with van der Waals surface area (Å²) in [5.74, 6) is 0.309. The normalized spacial score (nSPS) is 10.6. The van der Waals surface area contributed by atoms with Crippen LogP contribution >= 0.6 is 24.0 Å². The smallest absolute Gasteiger partial charge is 0.116 e. The molecular formula is C8H6OS2. The fourth-order valence-corrected chi connectivity index (χ4v) is 2.23. The second-order valence-electron chi connectivity index (χ2n) is 2.31. The minimum absolute atomic E-state index is 0.309. The number of benzene rings is 1. The molecule has 0 saturated heterocycles. The van der Waals surface area contributed by atoms with Gasteiger partial charge in [-0.2, -0.15) is 0 Å². The Kier molecular flexibility index (Phi) is 1.55. The van der Waals surface area contributed by atoms with Crippen LogP contribution in [0, 0.1) is 0 Å². The Bertz CT molecular complexity index is 392. The molecule has 0 fully saturated rings. The number of phenols is 1. The van der Waals surface area contributed by atoms with E-state index in [1.807, 2.05) is 12.1 Å². The molecule has 11 heavy (non-hydrogen) atoms. The van der Waals surface area contributed by atoms with Crippen molar-refractivity contribution in [3.8, 4) is 5.75 Å². The van der Waals surface area contributed by atoms with Crippen LogP contribution in [0.4, 0.5) is 0 Å². The van der Waals surface area contributed by atoms with E-state index in [1.54, 1.807) is 23.5 Å². The van der Waals surface area contributed by atoms with Crippen molar-refractivity contribution < 1.29 is 5.11 Å². The van der Waals surface area contributed by atoms with E-state index in [9.17, 15) is 0 Å². The van der Waals surface area contributed by atoms with Crippen LogP contribution in [0.3, 0.4) is 0 Å². The molecule has 3 heteroatoms. The van der Waals surface area contributed by atoms with Gasteiger partial charge in [-0.15, -0.1) is 24.0 Å². The molecule has 0 radical (unpaired) electrons.